The Morgan fingerprint density at radius 1 is 1.03 bits per heavy atom. The molecule has 0 bridgehead atoms. The average Bonchev–Trinajstić information content (AvgIpc) is 2.84. The number of carbonyl (C=O) groups is 3. The van der Waals surface area contributed by atoms with E-state index in [4.69, 9.17) is 32.7 Å². The maximum Gasteiger partial charge on any atom is 0.335 e. The van der Waals surface area contributed by atoms with E-state index in [1.807, 2.05) is 24.3 Å². The van der Waals surface area contributed by atoms with Gasteiger partial charge in [-0.3, -0.25) is 14.9 Å². The van der Waals surface area contributed by atoms with Crippen LogP contribution in [0.3, 0.4) is 0 Å². The first-order valence-corrected chi connectivity index (χ1v) is 12.2. The van der Waals surface area contributed by atoms with Crippen molar-refractivity contribution in [3.05, 3.63) is 91.4 Å². The third-order valence-corrected chi connectivity index (χ3v) is 6.66. The van der Waals surface area contributed by atoms with Gasteiger partial charge in [-0.05, 0) is 66.1 Å². The number of halogens is 3. The van der Waals surface area contributed by atoms with Crippen LogP contribution in [0.15, 0.2) is 64.6 Å². The summed E-state index contributed by atoms with van der Waals surface area (Å²) in [4.78, 5) is 39.2. The molecule has 1 aliphatic heterocycles. The van der Waals surface area contributed by atoms with Crippen molar-refractivity contribution in [1.82, 2.24) is 5.32 Å². The van der Waals surface area contributed by atoms with Gasteiger partial charge in [0.05, 0.1) is 17.8 Å². The molecule has 1 aliphatic rings. The van der Waals surface area contributed by atoms with Gasteiger partial charge >= 0.3 is 6.03 Å². The molecule has 1 heterocycles. The lowest BCUT2D eigenvalue weighted by molar-refractivity contribution is -0.122. The molecule has 4 rings (SSSR count). The number of imide groups is 2. The van der Waals surface area contributed by atoms with Crippen LogP contribution in [0.25, 0.3) is 6.08 Å². The first kappa shape index (κ1) is 25.8. The van der Waals surface area contributed by atoms with Crippen LogP contribution in [0.2, 0.25) is 10.0 Å². The number of hydrogen-bond donors (Lipinski definition) is 1. The van der Waals surface area contributed by atoms with Crippen molar-refractivity contribution >= 4 is 68.7 Å². The minimum atomic E-state index is -0.861. The Bertz CT molecular complexity index is 1410. The molecule has 0 aliphatic carbocycles. The average molecular weight is 590 g/mol. The van der Waals surface area contributed by atoms with E-state index >= 15 is 0 Å². The highest BCUT2D eigenvalue weighted by Crippen LogP contribution is 2.38. The first-order chi connectivity index (χ1) is 17.2. The Morgan fingerprint density at radius 3 is 2.44 bits per heavy atom. The lowest BCUT2D eigenvalue weighted by atomic mass is 10.1. The second-order valence-electron chi connectivity index (χ2n) is 7.79. The number of nitrogens with one attached hydrogen (secondary N) is 1. The molecular formula is C26H19BrCl2N2O5. The molecule has 0 unspecified atom stereocenters. The number of urea groups is 1. The molecule has 1 saturated heterocycles. The fourth-order valence-corrected chi connectivity index (χ4v) is 4.29. The molecule has 3 aromatic carbocycles. The normalized spacial score (nSPS) is 14.8. The molecule has 10 heteroatoms. The predicted molar refractivity (Wildman–Crippen MR) is 142 cm³/mol. The lowest BCUT2D eigenvalue weighted by Gasteiger charge is -2.27. The number of barbiturate groups is 1. The Hall–Kier alpha value is -3.33. The van der Waals surface area contributed by atoms with Gasteiger partial charge in [0.15, 0.2) is 11.5 Å². The Kier molecular flexibility index (Phi) is 7.68. The van der Waals surface area contributed by atoms with Gasteiger partial charge in [-0.15, -0.1) is 0 Å². The van der Waals surface area contributed by atoms with Gasteiger partial charge in [0.2, 0.25) is 0 Å². The molecule has 7 nitrogen and oxygen atoms in total. The maximum atomic E-state index is 13.2. The van der Waals surface area contributed by atoms with E-state index in [9.17, 15) is 14.4 Å². The number of methoxy groups -OCH3 is 1. The summed E-state index contributed by atoms with van der Waals surface area (Å²) in [5, 5.41) is 2.80. The fraction of sp³-hybridized carbons (Fsp3) is 0.115. The van der Waals surface area contributed by atoms with Crippen molar-refractivity contribution in [2.45, 2.75) is 13.5 Å². The number of ether oxygens (including phenoxy) is 2. The minimum Gasteiger partial charge on any atom is -0.493 e. The molecule has 1 N–H and O–H groups in total. The molecule has 0 spiro atoms. The van der Waals surface area contributed by atoms with E-state index in [2.05, 4.69) is 21.2 Å². The molecule has 1 fully saturated rings. The number of nitrogens with zero attached hydrogens (tertiary/aromatic N) is 1. The maximum absolute atomic E-state index is 13.2. The van der Waals surface area contributed by atoms with Gasteiger partial charge in [0.1, 0.15) is 12.2 Å². The molecule has 4 amide bonds. The zero-order chi connectivity index (χ0) is 26.0. The number of carbonyl (C=O) groups excluding carboxylic acids is 3. The number of hydrogen-bond acceptors (Lipinski definition) is 5. The highest BCUT2D eigenvalue weighted by molar-refractivity contribution is 9.10. The van der Waals surface area contributed by atoms with Gasteiger partial charge < -0.3 is 9.47 Å². The smallest absolute Gasteiger partial charge is 0.335 e. The monoisotopic (exact) mass is 588 g/mol. The summed E-state index contributed by atoms with van der Waals surface area (Å²) < 4.78 is 12.3. The van der Waals surface area contributed by atoms with Crippen LogP contribution >= 0.6 is 39.1 Å². The van der Waals surface area contributed by atoms with Gasteiger partial charge in [-0.2, -0.15) is 0 Å². The van der Waals surface area contributed by atoms with Crippen molar-refractivity contribution < 1.29 is 23.9 Å². The van der Waals surface area contributed by atoms with Crippen molar-refractivity contribution in [1.29, 1.82) is 0 Å². The Balaban J connectivity index is 1.66. The summed E-state index contributed by atoms with van der Waals surface area (Å²) in [7, 11) is 1.45. The summed E-state index contributed by atoms with van der Waals surface area (Å²) >= 11 is 16.0. The molecule has 0 radical (unpaired) electrons. The molecule has 3 aromatic rings. The number of rotatable bonds is 6. The van der Waals surface area contributed by atoms with Crippen LogP contribution in [-0.4, -0.2) is 25.0 Å². The van der Waals surface area contributed by atoms with Crippen LogP contribution in [0.4, 0.5) is 10.5 Å². The van der Waals surface area contributed by atoms with E-state index in [0.29, 0.717) is 27.6 Å². The van der Waals surface area contributed by atoms with Crippen LogP contribution in [0.1, 0.15) is 16.7 Å². The molecule has 0 aromatic heterocycles. The third kappa shape index (κ3) is 5.26. The van der Waals surface area contributed by atoms with Gasteiger partial charge in [0.25, 0.3) is 11.8 Å². The zero-order valence-corrected chi connectivity index (χ0v) is 22.2. The minimum absolute atomic E-state index is 0.223. The van der Waals surface area contributed by atoms with Crippen LogP contribution in [0, 0.1) is 6.92 Å². The van der Waals surface area contributed by atoms with E-state index < -0.39 is 17.8 Å². The summed E-state index contributed by atoms with van der Waals surface area (Å²) in [6.45, 7) is 1.93. The van der Waals surface area contributed by atoms with Crippen LogP contribution < -0.4 is 19.7 Å². The van der Waals surface area contributed by atoms with Crippen molar-refractivity contribution in [3.63, 3.8) is 0 Å². The second-order valence-corrected chi connectivity index (χ2v) is 9.52. The summed E-state index contributed by atoms with van der Waals surface area (Å²) in [6, 6.07) is 14.7. The number of benzene rings is 3. The molecule has 184 valence electrons. The predicted octanol–water partition coefficient (Wildman–Crippen LogP) is 6.32. The van der Waals surface area contributed by atoms with Crippen molar-refractivity contribution in [3.8, 4) is 11.5 Å². The van der Waals surface area contributed by atoms with E-state index in [1.54, 1.807) is 37.3 Å². The molecule has 0 atom stereocenters. The summed E-state index contributed by atoms with van der Waals surface area (Å²) in [6.07, 6.45) is 1.34. The first-order valence-electron chi connectivity index (χ1n) is 10.6. The largest absolute Gasteiger partial charge is 0.493 e. The Labute approximate surface area is 225 Å². The highest BCUT2D eigenvalue weighted by Gasteiger charge is 2.37. The molecule has 36 heavy (non-hydrogen) atoms. The Morgan fingerprint density at radius 2 is 1.75 bits per heavy atom. The van der Waals surface area contributed by atoms with E-state index in [-0.39, 0.29) is 22.9 Å². The van der Waals surface area contributed by atoms with Crippen LogP contribution in [0.5, 0.6) is 11.5 Å². The third-order valence-electron chi connectivity index (χ3n) is 5.44. The number of amides is 4. The lowest BCUT2D eigenvalue weighted by Crippen LogP contribution is -2.54. The van der Waals surface area contributed by atoms with Gasteiger partial charge in [-0.25, -0.2) is 9.69 Å². The van der Waals surface area contributed by atoms with E-state index in [1.165, 1.54) is 13.2 Å². The zero-order valence-electron chi connectivity index (χ0n) is 19.1. The molecule has 0 saturated carbocycles. The van der Waals surface area contributed by atoms with Gasteiger partial charge in [-0.1, -0.05) is 57.3 Å². The quantitative estimate of drug-likeness (QED) is 0.269. The second kappa shape index (κ2) is 10.7. The highest BCUT2D eigenvalue weighted by atomic mass is 79.9. The molecular weight excluding hydrogens is 571 g/mol. The topological polar surface area (TPSA) is 84.9 Å². The van der Waals surface area contributed by atoms with Crippen LogP contribution in [-0.2, 0) is 16.2 Å². The van der Waals surface area contributed by atoms with Crippen molar-refractivity contribution in [2.24, 2.45) is 0 Å². The van der Waals surface area contributed by atoms with E-state index in [0.717, 1.165) is 14.9 Å². The van der Waals surface area contributed by atoms with Gasteiger partial charge in [0, 0.05) is 9.50 Å². The fourth-order valence-electron chi connectivity index (χ4n) is 3.58. The van der Waals surface area contributed by atoms with Crippen molar-refractivity contribution in [2.75, 3.05) is 12.0 Å². The number of anilines is 1. The SMILES string of the molecule is COc1cc(/C=C2\C(=O)NC(=O)N(c3cccc(Cl)c3C)C2=O)cc(Cl)c1OCc1ccc(Br)cc1. The summed E-state index contributed by atoms with van der Waals surface area (Å²) in [5.74, 6) is -0.991. The summed E-state index contributed by atoms with van der Waals surface area (Å²) in [5.41, 5.74) is 1.87. The standard InChI is InChI=1S/C26H19BrCl2N2O5/c1-14-19(28)4-3-5-21(14)31-25(33)18(24(32)30-26(31)34)10-16-11-20(29)23(22(12-16)35-2)36-13-15-6-8-17(27)9-7-15/h3-12H,13H2,1-2H3,(H,30,32,34)/b18-10+.